The number of aliphatic hydroxyl groups is 1. The summed E-state index contributed by atoms with van der Waals surface area (Å²) in [4.78, 5) is 39.8. The molecule has 2 fully saturated rings. The molecule has 34 heavy (non-hydrogen) atoms. The predicted octanol–water partition coefficient (Wildman–Crippen LogP) is 0.949. The number of aromatic nitrogens is 5. The number of piperazine rings is 1. The van der Waals surface area contributed by atoms with Crippen molar-refractivity contribution in [3.63, 3.8) is 0 Å². The van der Waals surface area contributed by atoms with E-state index in [0.717, 1.165) is 5.82 Å². The summed E-state index contributed by atoms with van der Waals surface area (Å²) in [5.41, 5.74) is 0.900. The van der Waals surface area contributed by atoms with Crippen molar-refractivity contribution in [1.29, 1.82) is 0 Å². The third-order valence-electron chi connectivity index (χ3n) is 5.87. The summed E-state index contributed by atoms with van der Waals surface area (Å²) in [6, 6.07) is 3.54. The van der Waals surface area contributed by atoms with Crippen molar-refractivity contribution >= 4 is 29.3 Å². The molecule has 1 amide bonds. The molecule has 3 aromatic heterocycles. The fourth-order valence-corrected chi connectivity index (χ4v) is 3.99. The minimum atomic E-state index is -0.462. The highest BCUT2D eigenvalue weighted by Crippen LogP contribution is 2.21. The number of nitrogens with one attached hydrogen (secondary N) is 1. The van der Waals surface area contributed by atoms with Gasteiger partial charge < -0.3 is 25.1 Å². The second-order valence-corrected chi connectivity index (χ2v) is 8.38. The standard InChI is InChI=1S/C22H24FN9O2/c1-14-11-30(4-5-32(14)22-25-7-16(23)8-26-22)21-27-9-17(10-28-21)29-20(34)15-2-3-19(24-6-15)31-12-18(33)13-31/h2-3,6-10,14,18,33H,4-5,11-13H2,1H3,(H,29,34)/t14-/m0/s1. The summed E-state index contributed by atoms with van der Waals surface area (Å²) in [7, 11) is 0. The Bertz CT molecular complexity index is 1140. The van der Waals surface area contributed by atoms with Crippen molar-refractivity contribution < 1.29 is 14.3 Å². The van der Waals surface area contributed by atoms with Gasteiger partial charge in [-0.15, -0.1) is 0 Å². The van der Waals surface area contributed by atoms with Crippen LogP contribution in [0.1, 0.15) is 17.3 Å². The Morgan fingerprint density at radius 2 is 1.65 bits per heavy atom. The van der Waals surface area contributed by atoms with E-state index in [1.165, 1.54) is 18.6 Å². The van der Waals surface area contributed by atoms with E-state index < -0.39 is 5.82 Å². The molecule has 3 aromatic rings. The van der Waals surface area contributed by atoms with E-state index in [2.05, 4.69) is 30.2 Å². The lowest BCUT2D eigenvalue weighted by atomic mass is 10.1. The van der Waals surface area contributed by atoms with Crippen LogP contribution in [0.25, 0.3) is 0 Å². The van der Waals surface area contributed by atoms with Crippen LogP contribution in [0.5, 0.6) is 0 Å². The van der Waals surface area contributed by atoms with Gasteiger partial charge in [0, 0.05) is 45.0 Å². The first kappa shape index (κ1) is 21.9. The molecule has 11 nitrogen and oxygen atoms in total. The summed E-state index contributed by atoms with van der Waals surface area (Å²) < 4.78 is 13.1. The molecule has 2 saturated heterocycles. The molecule has 0 aromatic carbocycles. The van der Waals surface area contributed by atoms with E-state index in [9.17, 15) is 14.3 Å². The van der Waals surface area contributed by atoms with Crippen molar-refractivity contribution in [2.75, 3.05) is 52.7 Å². The molecule has 1 atom stereocenters. The van der Waals surface area contributed by atoms with Crippen LogP contribution in [0.4, 0.5) is 27.8 Å². The maximum absolute atomic E-state index is 13.1. The van der Waals surface area contributed by atoms with Gasteiger partial charge in [0.15, 0.2) is 5.82 Å². The van der Waals surface area contributed by atoms with E-state index in [4.69, 9.17) is 0 Å². The lowest BCUT2D eigenvalue weighted by Crippen LogP contribution is -2.53. The van der Waals surface area contributed by atoms with Crippen LogP contribution in [0, 0.1) is 5.82 Å². The van der Waals surface area contributed by atoms with Crippen molar-refractivity contribution in [3.05, 3.63) is 54.5 Å². The number of rotatable bonds is 5. The Balaban J connectivity index is 1.17. The summed E-state index contributed by atoms with van der Waals surface area (Å²) in [6.07, 6.45) is 6.67. The van der Waals surface area contributed by atoms with Gasteiger partial charge in [-0.1, -0.05) is 0 Å². The average molecular weight is 465 g/mol. The lowest BCUT2D eigenvalue weighted by molar-refractivity contribution is 0.102. The van der Waals surface area contributed by atoms with Gasteiger partial charge >= 0.3 is 0 Å². The van der Waals surface area contributed by atoms with Gasteiger partial charge in [-0.05, 0) is 19.1 Å². The Hall–Kier alpha value is -3.93. The van der Waals surface area contributed by atoms with Crippen molar-refractivity contribution in [2.45, 2.75) is 19.1 Å². The molecule has 0 saturated carbocycles. The van der Waals surface area contributed by atoms with E-state index in [0.29, 0.717) is 55.9 Å². The number of halogens is 1. The van der Waals surface area contributed by atoms with Crippen LogP contribution in [-0.4, -0.2) is 80.8 Å². The molecule has 0 unspecified atom stereocenters. The number of aliphatic hydroxyl groups excluding tert-OH is 1. The van der Waals surface area contributed by atoms with Crippen molar-refractivity contribution in [3.8, 4) is 0 Å². The first-order valence-electron chi connectivity index (χ1n) is 11.0. The summed E-state index contributed by atoms with van der Waals surface area (Å²) in [5, 5.41) is 12.2. The van der Waals surface area contributed by atoms with Gasteiger partial charge in [0.25, 0.3) is 5.91 Å². The fraction of sp³-hybridized carbons (Fsp3) is 0.364. The maximum atomic E-state index is 13.1. The number of nitrogens with zero attached hydrogens (tertiary/aromatic N) is 8. The molecule has 5 heterocycles. The normalized spacial score (nSPS) is 18.6. The highest BCUT2D eigenvalue weighted by atomic mass is 19.1. The largest absolute Gasteiger partial charge is 0.389 e. The summed E-state index contributed by atoms with van der Waals surface area (Å²) in [6.45, 7) is 5.10. The molecule has 0 aliphatic carbocycles. The van der Waals surface area contributed by atoms with Crippen molar-refractivity contribution in [2.24, 2.45) is 0 Å². The van der Waals surface area contributed by atoms with Crippen LogP contribution in [0.2, 0.25) is 0 Å². The van der Waals surface area contributed by atoms with Crippen LogP contribution in [0.3, 0.4) is 0 Å². The zero-order valence-corrected chi connectivity index (χ0v) is 18.5. The van der Waals surface area contributed by atoms with Crippen LogP contribution in [0.15, 0.2) is 43.1 Å². The zero-order valence-electron chi connectivity index (χ0n) is 18.5. The monoisotopic (exact) mass is 465 g/mol. The molecule has 0 bridgehead atoms. The number of anilines is 4. The third-order valence-corrected chi connectivity index (χ3v) is 5.87. The van der Waals surface area contributed by atoms with Gasteiger partial charge in [-0.2, -0.15) is 0 Å². The number of pyridine rings is 1. The number of amides is 1. The molecule has 2 aliphatic rings. The molecule has 12 heteroatoms. The minimum Gasteiger partial charge on any atom is -0.389 e. The molecular weight excluding hydrogens is 441 g/mol. The predicted molar refractivity (Wildman–Crippen MR) is 123 cm³/mol. The van der Waals surface area contributed by atoms with Crippen LogP contribution < -0.4 is 20.0 Å². The Morgan fingerprint density at radius 1 is 0.941 bits per heavy atom. The molecular formula is C22H24FN9O2. The molecule has 176 valence electrons. The van der Waals surface area contributed by atoms with Gasteiger partial charge in [-0.25, -0.2) is 29.3 Å². The van der Waals surface area contributed by atoms with Gasteiger partial charge in [-0.3, -0.25) is 4.79 Å². The fourth-order valence-electron chi connectivity index (χ4n) is 3.99. The first-order chi connectivity index (χ1) is 16.5. The van der Waals surface area contributed by atoms with Gasteiger partial charge in [0.05, 0.1) is 42.1 Å². The van der Waals surface area contributed by atoms with Crippen LogP contribution >= 0.6 is 0 Å². The molecule has 2 N–H and O–H groups in total. The van der Waals surface area contributed by atoms with Gasteiger partial charge in [0.2, 0.25) is 11.9 Å². The van der Waals surface area contributed by atoms with Gasteiger partial charge in [0.1, 0.15) is 5.82 Å². The molecule has 0 spiro atoms. The molecule has 0 radical (unpaired) electrons. The Kier molecular flexibility index (Phi) is 5.88. The van der Waals surface area contributed by atoms with E-state index >= 15 is 0 Å². The van der Waals surface area contributed by atoms with E-state index in [1.54, 1.807) is 24.5 Å². The number of hydrogen-bond acceptors (Lipinski definition) is 10. The Morgan fingerprint density at radius 3 is 2.26 bits per heavy atom. The first-order valence-corrected chi connectivity index (χ1v) is 11.0. The minimum absolute atomic E-state index is 0.0807. The van der Waals surface area contributed by atoms with E-state index in [-0.39, 0.29) is 18.1 Å². The molecule has 5 rings (SSSR count). The average Bonchev–Trinajstić information content (AvgIpc) is 2.83. The molecule has 2 aliphatic heterocycles. The lowest BCUT2D eigenvalue weighted by Gasteiger charge is -2.39. The number of hydrogen-bond donors (Lipinski definition) is 2. The second kappa shape index (κ2) is 9.14. The third kappa shape index (κ3) is 4.57. The van der Waals surface area contributed by atoms with Crippen LogP contribution in [-0.2, 0) is 0 Å². The number of β-amino-alcohol motifs (C(OH)–C–C–N with tert-alkyl or cyclic N) is 1. The SMILES string of the molecule is C[C@H]1CN(c2ncc(NC(=O)c3ccc(N4CC(O)C4)nc3)cn2)CCN1c1ncc(F)cn1. The highest BCUT2D eigenvalue weighted by molar-refractivity contribution is 6.04. The van der Waals surface area contributed by atoms with E-state index in [1.807, 2.05) is 21.6 Å². The zero-order chi connectivity index (χ0) is 23.7. The maximum Gasteiger partial charge on any atom is 0.257 e. The highest BCUT2D eigenvalue weighted by Gasteiger charge is 2.27. The Labute approximate surface area is 195 Å². The quantitative estimate of drug-likeness (QED) is 0.563. The van der Waals surface area contributed by atoms with Crippen molar-refractivity contribution in [1.82, 2.24) is 24.9 Å². The summed E-state index contributed by atoms with van der Waals surface area (Å²) >= 11 is 0. The second-order valence-electron chi connectivity index (χ2n) is 8.38. The summed E-state index contributed by atoms with van der Waals surface area (Å²) in [5.74, 6) is 1.02. The number of carbonyl (C=O) groups is 1. The number of carbonyl (C=O) groups excluding carboxylic acids is 1. The smallest absolute Gasteiger partial charge is 0.257 e. The topological polar surface area (TPSA) is 124 Å².